The fourth-order valence-electron chi connectivity index (χ4n) is 3.59. The van der Waals surface area contributed by atoms with Crippen LogP contribution >= 0.6 is 0 Å². The number of hydrogen-bond donors (Lipinski definition) is 2. The molecule has 28 heavy (non-hydrogen) atoms. The van der Waals surface area contributed by atoms with Gasteiger partial charge in [0.05, 0.1) is 0 Å². The molecule has 1 fully saturated rings. The zero-order valence-electron chi connectivity index (χ0n) is 16.4. The minimum Gasteiger partial charge on any atom is -0.352 e. The monoisotopic (exact) mass is 380 g/mol. The van der Waals surface area contributed by atoms with Gasteiger partial charge in [-0.25, -0.2) is 4.79 Å². The second-order valence-corrected chi connectivity index (χ2v) is 7.20. The van der Waals surface area contributed by atoms with E-state index < -0.39 is 0 Å². The molecule has 3 amide bonds. The van der Waals surface area contributed by atoms with Crippen molar-refractivity contribution in [1.29, 1.82) is 0 Å². The molecule has 6 nitrogen and oxygen atoms in total. The number of nitrogens with one attached hydrogen (secondary N) is 2. The van der Waals surface area contributed by atoms with Crippen molar-refractivity contribution in [3.63, 3.8) is 0 Å². The molecule has 2 heterocycles. The maximum Gasteiger partial charge on any atom is 0.317 e. The molecule has 1 atom stereocenters. The molecule has 1 aromatic heterocycles. The van der Waals surface area contributed by atoms with Crippen LogP contribution in [-0.2, 0) is 12.8 Å². The SMILES string of the molecule is CCNC(=O)N1CCC(Cc2cccc(C(=O)NCCc3ccncc3)c2)C1. The van der Waals surface area contributed by atoms with Gasteiger partial charge in [-0.1, -0.05) is 12.1 Å². The van der Waals surface area contributed by atoms with Crippen molar-refractivity contribution in [2.75, 3.05) is 26.2 Å². The van der Waals surface area contributed by atoms with Crippen molar-refractivity contribution in [3.05, 3.63) is 65.5 Å². The standard InChI is InChI=1S/C22H28N4O2/c1-2-24-22(28)26-13-9-19(16-26)14-18-4-3-5-20(15-18)21(27)25-12-8-17-6-10-23-11-7-17/h3-7,10-11,15,19H,2,8-9,12-14,16H2,1H3,(H,24,28)(H,25,27). The lowest BCUT2D eigenvalue weighted by atomic mass is 9.97. The summed E-state index contributed by atoms with van der Waals surface area (Å²) >= 11 is 0. The van der Waals surface area contributed by atoms with Crippen molar-refractivity contribution >= 4 is 11.9 Å². The number of rotatable bonds is 7. The molecule has 148 valence electrons. The van der Waals surface area contributed by atoms with Gasteiger partial charge < -0.3 is 15.5 Å². The normalized spacial score (nSPS) is 16.0. The lowest BCUT2D eigenvalue weighted by molar-refractivity contribution is 0.0954. The van der Waals surface area contributed by atoms with Crippen LogP contribution in [0.5, 0.6) is 0 Å². The van der Waals surface area contributed by atoms with E-state index in [4.69, 9.17) is 0 Å². The van der Waals surface area contributed by atoms with Gasteiger partial charge in [0, 0.05) is 44.1 Å². The van der Waals surface area contributed by atoms with Gasteiger partial charge in [-0.05, 0) is 67.5 Å². The molecular formula is C22H28N4O2. The van der Waals surface area contributed by atoms with E-state index in [1.165, 1.54) is 0 Å². The second-order valence-electron chi connectivity index (χ2n) is 7.20. The molecule has 6 heteroatoms. The summed E-state index contributed by atoms with van der Waals surface area (Å²) in [4.78, 5) is 30.3. The molecule has 0 saturated carbocycles. The first-order valence-corrected chi connectivity index (χ1v) is 9.94. The third-order valence-electron chi connectivity index (χ3n) is 5.06. The number of carbonyl (C=O) groups excluding carboxylic acids is 2. The number of pyridine rings is 1. The topological polar surface area (TPSA) is 74.3 Å². The highest BCUT2D eigenvalue weighted by molar-refractivity contribution is 5.94. The molecular weight excluding hydrogens is 352 g/mol. The molecule has 0 radical (unpaired) electrons. The molecule has 1 saturated heterocycles. The number of urea groups is 1. The molecule has 1 aromatic carbocycles. The predicted molar refractivity (Wildman–Crippen MR) is 109 cm³/mol. The van der Waals surface area contributed by atoms with Gasteiger partial charge in [0.15, 0.2) is 0 Å². The summed E-state index contributed by atoms with van der Waals surface area (Å²) in [5, 5.41) is 5.84. The van der Waals surface area contributed by atoms with Crippen LogP contribution < -0.4 is 10.6 Å². The first-order chi connectivity index (χ1) is 13.7. The Kier molecular flexibility index (Phi) is 7.00. The average Bonchev–Trinajstić information content (AvgIpc) is 3.18. The Morgan fingerprint density at radius 2 is 1.96 bits per heavy atom. The Morgan fingerprint density at radius 1 is 1.14 bits per heavy atom. The number of aromatic nitrogens is 1. The molecule has 3 rings (SSSR count). The van der Waals surface area contributed by atoms with E-state index in [9.17, 15) is 9.59 Å². The highest BCUT2D eigenvalue weighted by atomic mass is 16.2. The van der Waals surface area contributed by atoms with E-state index in [0.29, 0.717) is 24.6 Å². The highest BCUT2D eigenvalue weighted by Gasteiger charge is 2.26. The molecule has 1 aliphatic rings. The lowest BCUT2D eigenvalue weighted by Crippen LogP contribution is -2.38. The molecule has 0 bridgehead atoms. The largest absolute Gasteiger partial charge is 0.352 e. The van der Waals surface area contributed by atoms with Crippen LogP contribution in [0.3, 0.4) is 0 Å². The van der Waals surface area contributed by atoms with Gasteiger partial charge in [-0.15, -0.1) is 0 Å². The number of nitrogens with zero attached hydrogens (tertiary/aromatic N) is 2. The number of amides is 3. The van der Waals surface area contributed by atoms with Crippen molar-refractivity contribution in [2.45, 2.75) is 26.2 Å². The lowest BCUT2D eigenvalue weighted by Gasteiger charge is -2.17. The van der Waals surface area contributed by atoms with Crippen LogP contribution in [-0.4, -0.2) is 48.0 Å². The summed E-state index contributed by atoms with van der Waals surface area (Å²) in [5.41, 5.74) is 2.98. The van der Waals surface area contributed by atoms with Crippen molar-refractivity contribution in [1.82, 2.24) is 20.5 Å². The van der Waals surface area contributed by atoms with E-state index in [0.717, 1.165) is 43.5 Å². The number of likely N-dealkylation sites (tertiary alicyclic amines) is 1. The zero-order valence-corrected chi connectivity index (χ0v) is 16.4. The maximum atomic E-state index is 12.5. The Morgan fingerprint density at radius 3 is 2.75 bits per heavy atom. The summed E-state index contributed by atoms with van der Waals surface area (Å²) in [5.74, 6) is 0.388. The molecule has 1 unspecified atom stereocenters. The van der Waals surface area contributed by atoms with E-state index in [-0.39, 0.29) is 11.9 Å². The van der Waals surface area contributed by atoms with Gasteiger partial charge in [-0.3, -0.25) is 9.78 Å². The van der Waals surface area contributed by atoms with E-state index in [2.05, 4.69) is 21.7 Å². The molecule has 0 aliphatic carbocycles. The smallest absolute Gasteiger partial charge is 0.317 e. The summed E-state index contributed by atoms with van der Waals surface area (Å²) < 4.78 is 0. The quantitative estimate of drug-likeness (QED) is 0.775. The van der Waals surface area contributed by atoms with Crippen molar-refractivity contribution in [2.24, 2.45) is 5.92 Å². The van der Waals surface area contributed by atoms with Crippen LogP contribution in [0.4, 0.5) is 4.79 Å². The Bertz CT molecular complexity index is 794. The second kappa shape index (κ2) is 9.88. The average molecular weight is 380 g/mol. The number of carbonyl (C=O) groups is 2. The van der Waals surface area contributed by atoms with Crippen LogP contribution in [0.15, 0.2) is 48.8 Å². The van der Waals surface area contributed by atoms with Gasteiger partial charge in [0.2, 0.25) is 0 Å². The molecule has 1 aliphatic heterocycles. The molecule has 2 aromatic rings. The maximum absolute atomic E-state index is 12.5. The highest BCUT2D eigenvalue weighted by Crippen LogP contribution is 2.21. The first kappa shape index (κ1) is 19.9. The van der Waals surface area contributed by atoms with Gasteiger partial charge >= 0.3 is 6.03 Å². The first-order valence-electron chi connectivity index (χ1n) is 9.94. The minimum atomic E-state index is -0.0497. The van der Waals surface area contributed by atoms with Gasteiger partial charge in [-0.2, -0.15) is 0 Å². The third kappa shape index (κ3) is 5.55. The van der Waals surface area contributed by atoms with Crippen LogP contribution in [0.2, 0.25) is 0 Å². The van der Waals surface area contributed by atoms with Crippen LogP contribution in [0.25, 0.3) is 0 Å². The van der Waals surface area contributed by atoms with Crippen molar-refractivity contribution < 1.29 is 9.59 Å². The van der Waals surface area contributed by atoms with Crippen molar-refractivity contribution in [3.8, 4) is 0 Å². The number of hydrogen-bond acceptors (Lipinski definition) is 3. The summed E-state index contributed by atoms with van der Waals surface area (Å²) in [6.45, 7) is 4.74. The fraction of sp³-hybridized carbons (Fsp3) is 0.409. The number of benzene rings is 1. The summed E-state index contributed by atoms with van der Waals surface area (Å²) in [7, 11) is 0. The van der Waals surface area contributed by atoms with E-state index in [1.54, 1.807) is 12.4 Å². The van der Waals surface area contributed by atoms with Gasteiger partial charge in [0.1, 0.15) is 0 Å². The van der Waals surface area contributed by atoms with Crippen LogP contribution in [0, 0.1) is 5.92 Å². The summed E-state index contributed by atoms with van der Waals surface area (Å²) in [6, 6.07) is 11.7. The van der Waals surface area contributed by atoms with E-state index >= 15 is 0 Å². The van der Waals surface area contributed by atoms with E-state index in [1.807, 2.05) is 42.2 Å². The van der Waals surface area contributed by atoms with Gasteiger partial charge in [0.25, 0.3) is 5.91 Å². The Labute approximate surface area is 166 Å². The third-order valence-corrected chi connectivity index (χ3v) is 5.06. The summed E-state index contributed by atoms with van der Waals surface area (Å²) in [6.07, 6.45) is 6.19. The zero-order chi connectivity index (χ0) is 19.8. The van der Waals surface area contributed by atoms with Crippen LogP contribution in [0.1, 0.15) is 34.8 Å². The fourth-order valence-corrected chi connectivity index (χ4v) is 3.59. The minimum absolute atomic E-state index is 0.0207. The molecule has 0 spiro atoms. The predicted octanol–water partition coefficient (Wildman–Crippen LogP) is 2.65. The Hall–Kier alpha value is -2.89. The Balaban J connectivity index is 1.49. The molecule has 2 N–H and O–H groups in total.